The number of nitrogens with one attached hydrogen (secondary N) is 1. The highest BCUT2D eigenvalue weighted by Crippen LogP contribution is 2.16. The Kier molecular flexibility index (Phi) is 4.71. The second-order valence-corrected chi connectivity index (χ2v) is 6.52. The third kappa shape index (κ3) is 3.82. The molecule has 0 bridgehead atoms. The summed E-state index contributed by atoms with van der Waals surface area (Å²) < 4.78 is 24.3. The van der Waals surface area contributed by atoms with Crippen LogP contribution in [0.1, 0.15) is 25.0 Å². The first kappa shape index (κ1) is 14.2. The number of benzene rings is 1. The Labute approximate surface area is 104 Å². The number of aryl methyl sites for hydroxylation is 2. The van der Waals surface area contributed by atoms with Crippen LogP contribution in [0, 0.1) is 13.8 Å². The van der Waals surface area contributed by atoms with E-state index in [9.17, 15) is 8.42 Å². The predicted octanol–water partition coefficient (Wildman–Crippen LogP) is 2.08. The van der Waals surface area contributed by atoms with Crippen molar-refractivity contribution in [3.63, 3.8) is 0 Å². The molecule has 0 fully saturated rings. The summed E-state index contributed by atoms with van der Waals surface area (Å²) >= 11 is 0. The molecule has 0 radical (unpaired) electrons. The molecule has 0 saturated carbocycles. The maximum absolute atomic E-state index is 12.1. The smallest absolute Gasteiger partial charge is 0.179 e. The lowest BCUT2D eigenvalue weighted by Crippen LogP contribution is -2.32. The Hall–Kier alpha value is -0.870. The molecule has 1 atom stereocenters. The molecule has 0 spiro atoms. The predicted molar refractivity (Wildman–Crippen MR) is 71.1 cm³/mol. The zero-order valence-electron chi connectivity index (χ0n) is 10.9. The lowest BCUT2D eigenvalue weighted by Gasteiger charge is -2.13. The first-order chi connectivity index (χ1) is 7.86. The van der Waals surface area contributed by atoms with E-state index >= 15 is 0 Å². The van der Waals surface area contributed by atoms with Gasteiger partial charge in [0, 0.05) is 6.04 Å². The number of sulfone groups is 1. The van der Waals surface area contributed by atoms with Gasteiger partial charge in [0.1, 0.15) is 0 Å². The van der Waals surface area contributed by atoms with E-state index in [1.54, 1.807) is 12.1 Å². The quantitative estimate of drug-likeness (QED) is 0.876. The second kappa shape index (κ2) is 5.65. The van der Waals surface area contributed by atoms with E-state index in [0.29, 0.717) is 4.90 Å². The second-order valence-electron chi connectivity index (χ2n) is 4.49. The highest BCUT2D eigenvalue weighted by molar-refractivity contribution is 7.91. The van der Waals surface area contributed by atoms with Gasteiger partial charge < -0.3 is 5.32 Å². The minimum Gasteiger partial charge on any atom is -0.314 e. The molecule has 1 aromatic rings. The normalized spacial score (nSPS) is 13.6. The van der Waals surface area contributed by atoms with Gasteiger partial charge in [-0.25, -0.2) is 8.42 Å². The van der Waals surface area contributed by atoms with Crippen molar-refractivity contribution in [3.05, 3.63) is 29.3 Å². The Bertz CT molecular complexity index is 480. The van der Waals surface area contributed by atoms with Crippen molar-refractivity contribution in [2.45, 2.75) is 38.6 Å². The molecule has 1 N–H and O–H groups in total. The van der Waals surface area contributed by atoms with Crippen molar-refractivity contribution in [2.75, 3.05) is 12.3 Å². The highest BCUT2D eigenvalue weighted by atomic mass is 32.2. The molecule has 3 nitrogen and oxygen atoms in total. The van der Waals surface area contributed by atoms with E-state index in [2.05, 4.69) is 5.32 Å². The number of hydrogen-bond acceptors (Lipinski definition) is 3. The van der Waals surface area contributed by atoms with Crippen LogP contribution in [0.3, 0.4) is 0 Å². The van der Waals surface area contributed by atoms with E-state index in [1.807, 2.05) is 33.8 Å². The van der Waals surface area contributed by atoms with Crippen LogP contribution in [-0.2, 0) is 9.84 Å². The summed E-state index contributed by atoms with van der Waals surface area (Å²) in [6, 6.07) is 5.28. The zero-order valence-corrected chi connectivity index (χ0v) is 11.8. The molecule has 17 heavy (non-hydrogen) atoms. The van der Waals surface area contributed by atoms with Gasteiger partial charge in [0.15, 0.2) is 9.84 Å². The Balaban J connectivity index is 2.93. The van der Waals surface area contributed by atoms with Crippen LogP contribution in [0.15, 0.2) is 23.1 Å². The van der Waals surface area contributed by atoms with Crippen molar-refractivity contribution in [3.8, 4) is 0 Å². The SMILES string of the molecule is CCNC(C)CS(=O)(=O)c1ccc(C)c(C)c1. The monoisotopic (exact) mass is 255 g/mol. The minimum absolute atomic E-state index is 0.0217. The van der Waals surface area contributed by atoms with Gasteiger partial charge in [0.05, 0.1) is 10.6 Å². The molecule has 0 aliphatic heterocycles. The Morgan fingerprint density at radius 2 is 1.88 bits per heavy atom. The van der Waals surface area contributed by atoms with Crippen molar-refractivity contribution in [1.82, 2.24) is 5.32 Å². The third-order valence-electron chi connectivity index (χ3n) is 2.86. The average Bonchev–Trinajstić information content (AvgIpc) is 2.21. The van der Waals surface area contributed by atoms with Crippen LogP contribution >= 0.6 is 0 Å². The van der Waals surface area contributed by atoms with E-state index in [-0.39, 0.29) is 11.8 Å². The van der Waals surface area contributed by atoms with Crippen molar-refractivity contribution in [2.24, 2.45) is 0 Å². The maximum atomic E-state index is 12.1. The van der Waals surface area contributed by atoms with Crippen LogP contribution in [0.4, 0.5) is 0 Å². The van der Waals surface area contributed by atoms with Crippen molar-refractivity contribution in [1.29, 1.82) is 0 Å². The van der Waals surface area contributed by atoms with Gasteiger partial charge >= 0.3 is 0 Å². The molecule has 0 saturated heterocycles. The summed E-state index contributed by atoms with van der Waals surface area (Å²) in [7, 11) is -3.18. The summed E-state index contributed by atoms with van der Waals surface area (Å²) in [4.78, 5) is 0.422. The van der Waals surface area contributed by atoms with Gasteiger partial charge in [-0.05, 0) is 50.6 Å². The Morgan fingerprint density at radius 1 is 1.24 bits per heavy atom. The van der Waals surface area contributed by atoms with Crippen LogP contribution < -0.4 is 5.32 Å². The zero-order chi connectivity index (χ0) is 13.1. The fourth-order valence-electron chi connectivity index (χ4n) is 1.74. The largest absolute Gasteiger partial charge is 0.314 e. The van der Waals surface area contributed by atoms with Crippen molar-refractivity contribution >= 4 is 9.84 Å². The Morgan fingerprint density at radius 3 is 2.41 bits per heavy atom. The van der Waals surface area contributed by atoms with E-state index in [1.165, 1.54) is 0 Å². The fourth-order valence-corrected chi connectivity index (χ4v) is 3.34. The number of rotatable bonds is 5. The van der Waals surface area contributed by atoms with Gasteiger partial charge in [0.25, 0.3) is 0 Å². The lowest BCUT2D eigenvalue weighted by atomic mass is 10.1. The third-order valence-corrected chi connectivity index (χ3v) is 4.77. The summed E-state index contributed by atoms with van der Waals surface area (Å²) in [5.41, 5.74) is 2.13. The van der Waals surface area contributed by atoms with Crippen LogP contribution in [0.25, 0.3) is 0 Å². The molecule has 1 aromatic carbocycles. The van der Waals surface area contributed by atoms with E-state index in [0.717, 1.165) is 17.7 Å². The van der Waals surface area contributed by atoms with Gasteiger partial charge in [0.2, 0.25) is 0 Å². The first-order valence-electron chi connectivity index (χ1n) is 5.90. The topological polar surface area (TPSA) is 46.2 Å². The van der Waals surface area contributed by atoms with Gasteiger partial charge in [-0.1, -0.05) is 13.0 Å². The summed E-state index contributed by atoms with van der Waals surface area (Å²) in [5, 5.41) is 3.12. The van der Waals surface area contributed by atoms with Gasteiger partial charge in [-0.15, -0.1) is 0 Å². The average molecular weight is 255 g/mol. The standard InChI is InChI=1S/C13H21NO2S/c1-5-14-12(4)9-17(15,16)13-7-6-10(2)11(3)8-13/h6-8,12,14H,5,9H2,1-4H3. The van der Waals surface area contributed by atoms with Crippen molar-refractivity contribution < 1.29 is 8.42 Å². The molecule has 0 aliphatic rings. The number of hydrogen-bond donors (Lipinski definition) is 1. The molecular weight excluding hydrogens is 234 g/mol. The van der Waals surface area contributed by atoms with Gasteiger partial charge in [-0.3, -0.25) is 0 Å². The van der Waals surface area contributed by atoms with E-state index in [4.69, 9.17) is 0 Å². The molecular formula is C13H21NO2S. The first-order valence-corrected chi connectivity index (χ1v) is 7.55. The summed E-state index contributed by atoms with van der Waals surface area (Å²) in [6.07, 6.45) is 0. The molecule has 0 aromatic heterocycles. The summed E-state index contributed by atoms with van der Waals surface area (Å²) in [5.74, 6) is 0.142. The van der Waals surface area contributed by atoms with E-state index < -0.39 is 9.84 Å². The lowest BCUT2D eigenvalue weighted by molar-refractivity contribution is 0.566. The molecule has 0 heterocycles. The molecule has 1 unspecified atom stereocenters. The molecule has 96 valence electrons. The van der Waals surface area contributed by atoms with Crippen LogP contribution in [0.5, 0.6) is 0 Å². The minimum atomic E-state index is -3.18. The molecule has 4 heteroatoms. The van der Waals surface area contributed by atoms with Crippen LogP contribution in [-0.4, -0.2) is 26.8 Å². The summed E-state index contributed by atoms with van der Waals surface area (Å²) in [6.45, 7) is 8.56. The molecule has 0 aliphatic carbocycles. The highest BCUT2D eigenvalue weighted by Gasteiger charge is 2.18. The van der Waals surface area contributed by atoms with Gasteiger partial charge in [-0.2, -0.15) is 0 Å². The molecule has 1 rings (SSSR count). The van der Waals surface area contributed by atoms with Crippen LogP contribution in [0.2, 0.25) is 0 Å². The maximum Gasteiger partial charge on any atom is 0.179 e. The molecule has 0 amide bonds. The fraction of sp³-hybridized carbons (Fsp3) is 0.538.